The summed E-state index contributed by atoms with van der Waals surface area (Å²) >= 11 is 0.933. The molecule has 32 heavy (non-hydrogen) atoms. The molecular weight excluding hydrogens is 457 g/mol. The maximum atomic E-state index is 13.0. The van der Waals surface area contributed by atoms with Crippen LogP contribution in [0, 0.1) is 5.82 Å². The molecule has 0 spiro atoms. The molecule has 1 atom stereocenters. The Morgan fingerprint density at radius 3 is 2.53 bits per heavy atom. The first kappa shape index (κ1) is 23.9. The van der Waals surface area contributed by atoms with Gasteiger partial charge in [0.1, 0.15) is 11.1 Å². The van der Waals surface area contributed by atoms with Gasteiger partial charge in [0, 0.05) is 32.4 Å². The average molecular weight is 480 g/mol. The molecule has 1 heterocycles. The number of nitrogens with one attached hydrogen (secondary N) is 1. The fourth-order valence-electron chi connectivity index (χ4n) is 2.94. The number of hydrogen-bond donors (Lipinski definition) is 1. The molecular formula is C21H22FN3O5S2. The van der Waals surface area contributed by atoms with E-state index in [1.807, 2.05) is 0 Å². The van der Waals surface area contributed by atoms with Crippen LogP contribution in [0.5, 0.6) is 0 Å². The van der Waals surface area contributed by atoms with Gasteiger partial charge in [-0.3, -0.25) is 14.5 Å². The second kappa shape index (κ2) is 10.7. The third kappa shape index (κ3) is 6.15. The van der Waals surface area contributed by atoms with Crippen LogP contribution >= 0.6 is 11.8 Å². The molecule has 2 aromatic carbocycles. The zero-order valence-electron chi connectivity index (χ0n) is 17.2. The molecule has 0 aromatic heterocycles. The maximum absolute atomic E-state index is 13.0. The molecule has 11 heteroatoms. The lowest BCUT2D eigenvalue weighted by atomic mass is 10.2. The zero-order valence-corrected chi connectivity index (χ0v) is 18.9. The van der Waals surface area contributed by atoms with Gasteiger partial charge in [-0.2, -0.15) is 8.42 Å². The van der Waals surface area contributed by atoms with Crippen molar-refractivity contribution in [1.82, 2.24) is 4.90 Å². The first-order valence-corrected chi connectivity index (χ1v) is 12.0. The third-order valence-electron chi connectivity index (χ3n) is 4.49. The molecule has 3 rings (SSSR count). The molecule has 0 saturated carbocycles. The molecule has 0 aliphatic carbocycles. The van der Waals surface area contributed by atoms with E-state index in [9.17, 15) is 22.4 Å². The van der Waals surface area contributed by atoms with Crippen molar-refractivity contribution < 1.29 is 27.1 Å². The summed E-state index contributed by atoms with van der Waals surface area (Å²) in [6, 6.07) is 12.9. The van der Waals surface area contributed by atoms with E-state index in [0.29, 0.717) is 18.7 Å². The molecule has 8 nitrogen and oxygen atoms in total. The summed E-state index contributed by atoms with van der Waals surface area (Å²) in [4.78, 5) is 26.6. The number of thioether (sulfide) groups is 1. The van der Waals surface area contributed by atoms with Crippen molar-refractivity contribution in [2.75, 3.05) is 25.6 Å². The van der Waals surface area contributed by atoms with Crippen molar-refractivity contribution in [2.45, 2.75) is 23.0 Å². The second-order valence-corrected chi connectivity index (χ2v) is 9.64. The molecule has 1 aliphatic heterocycles. The minimum atomic E-state index is -4.03. The Morgan fingerprint density at radius 1 is 1.19 bits per heavy atom. The van der Waals surface area contributed by atoms with Crippen molar-refractivity contribution in [3.05, 3.63) is 60.4 Å². The van der Waals surface area contributed by atoms with Gasteiger partial charge in [-0.05, 0) is 42.8 Å². The molecule has 0 radical (unpaired) electrons. The minimum absolute atomic E-state index is 0.00916. The van der Waals surface area contributed by atoms with Gasteiger partial charge in [-0.1, -0.05) is 30.0 Å². The normalized spacial score (nSPS) is 17.7. The molecule has 1 fully saturated rings. The number of methoxy groups -OCH3 is 1. The zero-order chi connectivity index (χ0) is 23.1. The average Bonchev–Trinajstić information content (AvgIpc) is 3.04. The van der Waals surface area contributed by atoms with Gasteiger partial charge in [-0.15, -0.1) is 4.40 Å². The quantitative estimate of drug-likeness (QED) is 0.555. The van der Waals surface area contributed by atoms with E-state index in [1.165, 1.54) is 48.4 Å². The molecule has 1 N–H and O–H groups in total. The Hall–Kier alpha value is -2.76. The fourth-order valence-corrected chi connectivity index (χ4v) is 5.35. The number of rotatable bonds is 9. The van der Waals surface area contributed by atoms with E-state index < -0.39 is 32.9 Å². The van der Waals surface area contributed by atoms with Gasteiger partial charge in [0.15, 0.2) is 5.17 Å². The van der Waals surface area contributed by atoms with E-state index >= 15 is 0 Å². The molecule has 2 amide bonds. The Balaban J connectivity index is 1.77. The summed E-state index contributed by atoms with van der Waals surface area (Å²) < 4.78 is 47.3. The van der Waals surface area contributed by atoms with Gasteiger partial charge >= 0.3 is 0 Å². The van der Waals surface area contributed by atoms with E-state index in [1.54, 1.807) is 18.2 Å². The van der Waals surface area contributed by atoms with E-state index in [-0.39, 0.29) is 23.0 Å². The summed E-state index contributed by atoms with van der Waals surface area (Å²) in [6.45, 7) is 0.585. The van der Waals surface area contributed by atoms with Crippen LogP contribution in [0.1, 0.15) is 12.8 Å². The van der Waals surface area contributed by atoms with E-state index in [4.69, 9.17) is 4.74 Å². The lowest BCUT2D eigenvalue weighted by Gasteiger charge is -2.16. The smallest absolute Gasteiger partial charge is 0.284 e. The summed E-state index contributed by atoms with van der Waals surface area (Å²) in [5.74, 6) is -1.29. The monoisotopic (exact) mass is 479 g/mol. The number of halogens is 1. The van der Waals surface area contributed by atoms with Crippen LogP contribution in [0.3, 0.4) is 0 Å². The molecule has 0 bridgehead atoms. The molecule has 170 valence electrons. The lowest BCUT2D eigenvalue weighted by Crippen LogP contribution is -2.35. The highest BCUT2D eigenvalue weighted by atomic mass is 32.2. The first-order chi connectivity index (χ1) is 15.3. The van der Waals surface area contributed by atoms with Crippen molar-refractivity contribution in [2.24, 2.45) is 4.40 Å². The second-order valence-electron chi connectivity index (χ2n) is 6.86. The number of amidine groups is 1. The summed E-state index contributed by atoms with van der Waals surface area (Å²) in [6.07, 6.45) is 0.285. The highest BCUT2D eigenvalue weighted by Gasteiger charge is 2.40. The fraction of sp³-hybridized carbons (Fsp3) is 0.286. The van der Waals surface area contributed by atoms with Crippen molar-refractivity contribution in [3.8, 4) is 0 Å². The Bertz CT molecular complexity index is 1090. The number of benzene rings is 2. The van der Waals surface area contributed by atoms with Crippen molar-refractivity contribution in [1.29, 1.82) is 0 Å². The summed E-state index contributed by atoms with van der Waals surface area (Å²) in [5.41, 5.74) is 0.393. The molecule has 0 unspecified atom stereocenters. The van der Waals surface area contributed by atoms with Crippen molar-refractivity contribution >= 4 is 44.5 Å². The van der Waals surface area contributed by atoms with Crippen LogP contribution in [0.2, 0.25) is 0 Å². The maximum Gasteiger partial charge on any atom is 0.284 e. The predicted molar refractivity (Wildman–Crippen MR) is 120 cm³/mol. The summed E-state index contributed by atoms with van der Waals surface area (Å²) in [7, 11) is -2.50. The van der Waals surface area contributed by atoms with Crippen molar-refractivity contribution in [3.63, 3.8) is 0 Å². The highest BCUT2D eigenvalue weighted by molar-refractivity contribution is 8.16. The lowest BCUT2D eigenvalue weighted by molar-refractivity contribution is -0.128. The number of carbonyl (C=O) groups excluding carboxylic acids is 2. The number of carbonyl (C=O) groups is 2. The summed E-state index contributed by atoms with van der Waals surface area (Å²) in [5, 5.41) is 1.80. The number of hydrogen-bond acceptors (Lipinski definition) is 6. The van der Waals surface area contributed by atoms with Gasteiger partial charge < -0.3 is 10.1 Å². The van der Waals surface area contributed by atoms with Crippen LogP contribution in [0.15, 0.2) is 63.9 Å². The standard InChI is InChI=1S/C21H22FN3O5S2/c1-30-13-5-12-25-20(27)18(14-19(26)23-16-10-8-15(22)9-11-16)31-21(25)24-32(28,29)17-6-3-2-4-7-17/h2-4,6-11,18H,5,12-14H2,1H3,(H,23,26)/t18-/m1/s1. The van der Waals surface area contributed by atoms with Gasteiger partial charge in [-0.25, -0.2) is 4.39 Å². The highest BCUT2D eigenvalue weighted by Crippen LogP contribution is 2.31. The third-order valence-corrected chi connectivity index (χ3v) is 7.06. The van der Waals surface area contributed by atoms with E-state index in [2.05, 4.69) is 9.71 Å². The van der Waals surface area contributed by atoms with Crippen LogP contribution in [-0.4, -0.2) is 55.8 Å². The SMILES string of the molecule is COCCCN1C(=O)[C@@H](CC(=O)Nc2ccc(F)cc2)SC1=NS(=O)(=O)c1ccccc1. The number of nitrogens with zero attached hydrogens (tertiary/aromatic N) is 2. The molecule has 1 aliphatic rings. The number of sulfonamides is 1. The first-order valence-electron chi connectivity index (χ1n) is 9.72. The number of amides is 2. The van der Waals surface area contributed by atoms with E-state index in [0.717, 1.165) is 11.8 Å². The predicted octanol–water partition coefficient (Wildman–Crippen LogP) is 2.88. The number of ether oxygens (including phenoxy) is 1. The van der Waals surface area contributed by atoms with Crippen LogP contribution < -0.4 is 5.32 Å². The Labute approximate surface area is 189 Å². The van der Waals surface area contributed by atoms with Gasteiger partial charge in [0.25, 0.3) is 10.0 Å². The Morgan fingerprint density at radius 2 is 1.88 bits per heavy atom. The minimum Gasteiger partial charge on any atom is -0.385 e. The van der Waals surface area contributed by atoms with Gasteiger partial charge in [0.05, 0.1) is 4.90 Å². The van der Waals surface area contributed by atoms with Crippen LogP contribution in [-0.2, 0) is 24.3 Å². The van der Waals surface area contributed by atoms with Crippen LogP contribution in [0.25, 0.3) is 0 Å². The molecule has 2 aromatic rings. The topological polar surface area (TPSA) is 105 Å². The Kier molecular flexibility index (Phi) is 7.99. The molecule has 1 saturated heterocycles. The van der Waals surface area contributed by atoms with Gasteiger partial charge in [0.2, 0.25) is 11.8 Å². The largest absolute Gasteiger partial charge is 0.385 e. The van der Waals surface area contributed by atoms with Crippen LogP contribution in [0.4, 0.5) is 10.1 Å². The number of anilines is 1.